The van der Waals surface area contributed by atoms with Crippen LogP contribution in [0.1, 0.15) is 26.3 Å². The summed E-state index contributed by atoms with van der Waals surface area (Å²) in [4.78, 5) is 1.36. The highest BCUT2D eigenvalue weighted by atomic mass is 32.2. The summed E-state index contributed by atoms with van der Waals surface area (Å²) < 4.78 is 0. The van der Waals surface area contributed by atoms with Crippen molar-refractivity contribution in [3.05, 3.63) is 29.8 Å². The Hall–Kier alpha value is -0.470. The van der Waals surface area contributed by atoms with E-state index in [0.717, 1.165) is 13.0 Å². The van der Waals surface area contributed by atoms with Crippen molar-refractivity contribution in [2.75, 3.05) is 6.54 Å². The summed E-state index contributed by atoms with van der Waals surface area (Å²) in [7, 11) is 0. The lowest BCUT2D eigenvalue weighted by molar-refractivity contribution is 0.593. The fraction of sp³-hybridized carbons (Fsp3) is 0.538. The van der Waals surface area contributed by atoms with Crippen molar-refractivity contribution in [2.45, 2.75) is 37.3 Å². The molecule has 0 radical (unpaired) electrons. The van der Waals surface area contributed by atoms with Gasteiger partial charge in [-0.25, -0.2) is 0 Å². The van der Waals surface area contributed by atoms with Gasteiger partial charge in [0.1, 0.15) is 0 Å². The Morgan fingerprint density at radius 1 is 1.13 bits per heavy atom. The lowest BCUT2D eigenvalue weighted by Gasteiger charge is -2.09. The molecular weight excluding hydrogens is 202 g/mol. The SMILES string of the molecule is CC(CN)Cc1ccc(SC(C)C)cc1. The quantitative estimate of drug-likeness (QED) is 0.775. The normalized spacial score (nSPS) is 13.1. The first kappa shape index (κ1) is 12.6. The van der Waals surface area contributed by atoms with E-state index in [9.17, 15) is 0 Å². The van der Waals surface area contributed by atoms with E-state index in [2.05, 4.69) is 45.0 Å². The van der Waals surface area contributed by atoms with Crippen LogP contribution in [0.5, 0.6) is 0 Å². The van der Waals surface area contributed by atoms with Gasteiger partial charge in [0, 0.05) is 10.1 Å². The van der Waals surface area contributed by atoms with Crippen molar-refractivity contribution in [3.8, 4) is 0 Å². The zero-order chi connectivity index (χ0) is 11.3. The van der Waals surface area contributed by atoms with Crippen LogP contribution in [0.4, 0.5) is 0 Å². The molecular formula is C13H21NS. The first-order valence-electron chi connectivity index (χ1n) is 5.57. The lowest BCUT2D eigenvalue weighted by Crippen LogP contribution is -2.12. The van der Waals surface area contributed by atoms with E-state index >= 15 is 0 Å². The Kier molecular flexibility index (Phi) is 5.20. The second-order valence-electron chi connectivity index (χ2n) is 4.36. The van der Waals surface area contributed by atoms with Crippen molar-refractivity contribution >= 4 is 11.8 Å². The van der Waals surface area contributed by atoms with Crippen molar-refractivity contribution in [3.63, 3.8) is 0 Å². The second-order valence-corrected chi connectivity index (χ2v) is 6.01. The number of hydrogen-bond acceptors (Lipinski definition) is 2. The molecule has 1 aromatic rings. The van der Waals surface area contributed by atoms with Gasteiger partial charge in [0.25, 0.3) is 0 Å². The van der Waals surface area contributed by atoms with Gasteiger partial charge in [-0.3, -0.25) is 0 Å². The number of benzene rings is 1. The molecule has 0 spiro atoms. The molecule has 1 unspecified atom stereocenters. The fourth-order valence-corrected chi connectivity index (χ4v) is 2.30. The minimum absolute atomic E-state index is 0.577. The zero-order valence-corrected chi connectivity index (χ0v) is 10.7. The molecule has 0 saturated carbocycles. The number of rotatable bonds is 5. The Bertz CT molecular complexity index is 279. The Balaban J connectivity index is 2.56. The largest absolute Gasteiger partial charge is 0.330 e. The third-order valence-corrected chi connectivity index (χ3v) is 3.30. The first-order valence-corrected chi connectivity index (χ1v) is 6.45. The topological polar surface area (TPSA) is 26.0 Å². The molecule has 84 valence electrons. The van der Waals surface area contributed by atoms with E-state index in [1.165, 1.54) is 10.5 Å². The fourth-order valence-electron chi connectivity index (χ4n) is 1.46. The summed E-state index contributed by atoms with van der Waals surface area (Å²) in [6.45, 7) is 7.39. The predicted octanol–water partition coefficient (Wildman–Crippen LogP) is 3.32. The monoisotopic (exact) mass is 223 g/mol. The van der Waals surface area contributed by atoms with Gasteiger partial charge in [0.15, 0.2) is 0 Å². The van der Waals surface area contributed by atoms with E-state index in [0.29, 0.717) is 11.2 Å². The van der Waals surface area contributed by atoms with Crippen molar-refractivity contribution in [1.82, 2.24) is 0 Å². The average molecular weight is 223 g/mol. The molecule has 1 rings (SSSR count). The molecule has 2 N–H and O–H groups in total. The van der Waals surface area contributed by atoms with Crippen LogP contribution < -0.4 is 5.73 Å². The first-order chi connectivity index (χ1) is 7.11. The van der Waals surface area contributed by atoms with Crippen LogP contribution in [-0.2, 0) is 6.42 Å². The van der Waals surface area contributed by atoms with Gasteiger partial charge < -0.3 is 5.73 Å². The van der Waals surface area contributed by atoms with Gasteiger partial charge in [-0.2, -0.15) is 0 Å². The second kappa shape index (κ2) is 6.19. The van der Waals surface area contributed by atoms with Crippen LogP contribution in [0.25, 0.3) is 0 Å². The number of nitrogens with two attached hydrogens (primary N) is 1. The van der Waals surface area contributed by atoms with Crippen LogP contribution in [0.3, 0.4) is 0 Å². The lowest BCUT2D eigenvalue weighted by atomic mass is 10.0. The molecule has 0 bridgehead atoms. The Morgan fingerprint density at radius 3 is 2.20 bits per heavy atom. The van der Waals surface area contributed by atoms with Gasteiger partial charge in [-0.05, 0) is 36.6 Å². The maximum atomic E-state index is 5.61. The van der Waals surface area contributed by atoms with Gasteiger partial charge >= 0.3 is 0 Å². The molecule has 1 atom stereocenters. The molecule has 0 aliphatic carbocycles. The predicted molar refractivity (Wildman–Crippen MR) is 69.4 cm³/mol. The van der Waals surface area contributed by atoms with Crippen molar-refractivity contribution < 1.29 is 0 Å². The summed E-state index contributed by atoms with van der Waals surface area (Å²) >= 11 is 1.91. The number of thioether (sulfide) groups is 1. The smallest absolute Gasteiger partial charge is 0.00747 e. The van der Waals surface area contributed by atoms with Crippen LogP contribution in [-0.4, -0.2) is 11.8 Å². The molecule has 0 fully saturated rings. The van der Waals surface area contributed by atoms with Crippen LogP contribution in [0, 0.1) is 5.92 Å². The summed E-state index contributed by atoms with van der Waals surface area (Å²) in [5, 5.41) is 0.652. The van der Waals surface area contributed by atoms with Gasteiger partial charge in [0.2, 0.25) is 0 Å². The molecule has 0 heterocycles. The molecule has 0 aliphatic rings. The van der Waals surface area contributed by atoms with Crippen molar-refractivity contribution in [2.24, 2.45) is 11.7 Å². The maximum absolute atomic E-state index is 5.61. The Morgan fingerprint density at radius 2 is 1.73 bits per heavy atom. The molecule has 2 heteroatoms. The van der Waals surface area contributed by atoms with Gasteiger partial charge in [-0.15, -0.1) is 11.8 Å². The summed E-state index contributed by atoms with van der Waals surface area (Å²) in [6, 6.07) is 8.86. The third kappa shape index (κ3) is 4.72. The van der Waals surface area contributed by atoms with E-state index in [4.69, 9.17) is 5.73 Å². The summed E-state index contributed by atoms with van der Waals surface area (Å²) in [6.07, 6.45) is 1.09. The highest BCUT2D eigenvalue weighted by Crippen LogP contribution is 2.23. The average Bonchev–Trinajstić information content (AvgIpc) is 2.20. The molecule has 0 saturated heterocycles. The van der Waals surface area contributed by atoms with Crippen LogP contribution in [0.15, 0.2) is 29.2 Å². The molecule has 1 nitrogen and oxygen atoms in total. The third-order valence-electron chi connectivity index (χ3n) is 2.28. The van der Waals surface area contributed by atoms with E-state index in [1.807, 2.05) is 11.8 Å². The van der Waals surface area contributed by atoms with E-state index in [1.54, 1.807) is 0 Å². The molecule has 0 aromatic heterocycles. The van der Waals surface area contributed by atoms with E-state index < -0.39 is 0 Å². The zero-order valence-electron chi connectivity index (χ0n) is 9.86. The summed E-state index contributed by atoms with van der Waals surface area (Å²) in [5.41, 5.74) is 7.00. The summed E-state index contributed by atoms with van der Waals surface area (Å²) in [5.74, 6) is 0.577. The molecule has 0 aliphatic heterocycles. The number of hydrogen-bond donors (Lipinski definition) is 1. The van der Waals surface area contributed by atoms with Crippen LogP contribution in [0.2, 0.25) is 0 Å². The van der Waals surface area contributed by atoms with Crippen molar-refractivity contribution in [1.29, 1.82) is 0 Å². The van der Waals surface area contributed by atoms with Gasteiger partial charge in [0.05, 0.1) is 0 Å². The molecule has 0 amide bonds. The van der Waals surface area contributed by atoms with E-state index in [-0.39, 0.29) is 0 Å². The standard InChI is InChI=1S/C13H21NS/c1-10(2)15-13-6-4-12(5-7-13)8-11(3)9-14/h4-7,10-11H,8-9,14H2,1-3H3. The van der Waals surface area contributed by atoms with Crippen LogP contribution >= 0.6 is 11.8 Å². The van der Waals surface area contributed by atoms with Gasteiger partial charge in [-0.1, -0.05) is 32.9 Å². The Labute approximate surface area is 97.4 Å². The minimum atomic E-state index is 0.577. The minimum Gasteiger partial charge on any atom is -0.330 e. The molecule has 15 heavy (non-hydrogen) atoms. The maximum Gasteiger partial charge on any atom is 0.00747 e. The highest BCUT2D eigenvalue weighted by molar-refractivity contribution is 7.99. The highest BCUT2D eigenvalue weighted by Gasteiger charge is 2.02. The molecule has 1 aromatic carbocycles.